The molecule has 1 N–H and O–H groups in total. The van der Waals surface area contributed by atoms with Gasteiger partial charge in [-0.15, -0.1) is 0 Å². The zero-order chi connectivity index (χ0) is 13.9. The van der Waals surface area contributed by atoms with E-state index in [0.29, 0.717) is 0 Å². The Labute approximate surface area is 119 Å². The first-order chi connectivity index (χ1) is 9.72. The van der Waals surface area contributed by atoms with Crippen LogP contribution in [0.3, 0.4) is 0 Å². The number of benzene rings is 2. The zero-order valence-corrected chi connectivity index (χ0v) is 11.7. The molecule has 1 heterocycles. The summed E-state index contributed by atoms with van der Waals surface area (Å²) in [4.78, 5) is 2.07. The lowest BCUT2D eigenvalue weighted by molar-refractivity contribution is 0.627. The number of rotatable bonds is 3. The average molecular weight is 270 g/mol. The van der Waals surface area contributed by atoms with E-state index in [1.54, 1.807) is 12.1 Å². The van der Waals surface area contributed by atoms with Crippen LogP contribution < -0.4 is 10.2 Å². The van der Waals surface area contributed by atoms with Crippen LogP contribution in [0.25, 0.3) is 0 Å². The van der Waals surface area contributed by atoms with E-state index in [1.165, 1.54) is 29.3 Å². The molecular weight excluding hydrogens is 251 g/mol. The van der Waals surface area contributed by atoms with Gasteiger partial charge in [0.2, 0.25) is 0 Å². The summed E-state index contributed by atoms with van der Waals surface area (Å²) >= 11 is 0. The van der Waals surface area contributed by atoms with Crippen LogP contribution in [0.2, 0.25) is 0 Å². The first-order valence-corrected chi connectivity index (χ1v) is 7.05. The van der Waals surface area contributed by atoms with Crippen molar-refractivity contribution in [3.63, 3.8) is 0 Å². The molecule has 0 fully saturated rings. The maximum Gasteiger partial charge on any atom is 0.125 e. The lowest BCUT2D eigenvalue weighted by atomic mass is 10.0. The Morgan fingerprint density at radius 1 is 1.20 bits per heavy atom. The first kappa shape index (κ1) is 13.0. The maximum atomic E-state index is 13.3. The summed E-state index contributed by atoms with van der Waals surface area (Å²) in [6, 6.07) is 13.3. The molecule has 0 saturated heterocycles. The smallest absolute Gasteiger partial charge is 0.125 e. The molecule has 0 aliphatic carbocycles. The van der Waals surface area contributed by atoms with Gasteiger partial charge in [0.1, 0.15) is 5.82 Å². The molecule has 0 radical (unpaired) electrons. The Morgan fingerprint density at radius 3 is 2.95 bits per heavy atom. The highest BCUT2D eigenvalue weighted by atomic mass is 19.1. The fourth-order valence-electron chi connectivity index (χ4n) is 2.71. The Bertz CT molecular complexity index is 610. The lowest BCUT2D eigenvalue weighted by Gasteiger charge is -2.22. The highest BCUT2D eigenvalue weighted by molar-refractivity contribution is 5.55. The van der Waals surface area contributed by atoms with Crippen molar-refractivity contribution < 1.29 is 4.39 Å². The van der Waals surface area contributed by atoms with Crippen molar-refractivity contribution in [2.75, 3.05) is 23.8 Å². The molecule has 2 aromatic rings. The van der Waals surface area contributed by atoms with Crippen molar-refractivity contribution in [3.8, 4) is 0 Å². The van der Waals surface area contributed by atoms with Gasteiger partial charge in [0.15, 0.2) is 0 Å². The predicted molar refractivity (Wildman–Crippen MR) is 81.8 cm³/mol. The van der Waals surface area contributed by atoms with Gasteiger partial charge in [0.05, 0.1) is 0 Å². The van der Waals surface area contributed by atoms with Gasteiger partial charge in [-0.1, -0.05) is 18.2 Å². The first-order valence-electron chi connectivity index (χ1n) is 7.05. The highest BCUT2D eigenvalue weighted by Gasteiger charge is 2.10. The largest absolute Gasteiger partial charge is 0.385 e. The second-order valence-corrected chi connectivity index (χ2v) is 5.36. The van der Waals surface area contributed by atoms with E-state index >= 15 is 0 Å². The molecule has 0 amide bonds. The van der Waals surface area contributed by atoms with Crippen molar-refractivity contribution in [3.05, 3.63) is 59.4 Å². The maximum absolute atomic E-state index is 13.3. The summed E-state index contributed by atoms with van der Waals surface area (Å²) in [5, 5.41) is 3.42. The van der Waals surface area contributed by atoms with Crippen LogP contribution in [0.15, 0.2) is 42.5 Å². The van der Waals surface area contributed by atoms with Crippen LogP contribution in [0.1, 0.15) is 17.5 Å². The number of nitrogens with one attached hydrogen (secondary N) is 1. The van der Waals surface area contributed by atoms with Crippen LogP contribution in [-0.2, 0) is 13.0 Å². The van der Waals surface area contributed by atoms with Crippen LogP contribution in [0, 0.1) is 5.82 Å². The van der Waals surface area contributed by atoms with E-state index in [-0.39, 0.29) is 5.82 Å². The van der Waals surface area contributed by atoms with Crippen molar-refractivity contribution in [2.45, 2.75) is 19.4 Å². The van der Waals surface area contributed by atoms with Crippen molar-refractivity contribution in [1.82, 2.24) is 0 Å². The normalized spacial score (nSPS) is 13.5. The molecule has 104 valence electrons. The summed E-state index contributed by atoms with van der Waals surface area (Å²) in [5.74, 6) is -0.191. The Kier molecular flexibility index (Phi) is 3.59. The monoisotopic (exact) mass is 270 g/mol. The molecule has 3 rings (SSSR count). The number of halogens is 1. The van der Waals surface area contributed by atoms with Gasteiger partial charge in [0, 0.05) is 31.5 Å². The summed E-state index contributed by atoms with van der Waals surface area (Å²) in [7, 11) is 1.99. The molecule has 1 aliphatic heterocycles. The van der Waals surface area contributed by atoms with Crippen molar-refractivity contribution >= 4 is 11.4 Å². The van der Waals surface area contributed by atoms with Gasteiger partial charge in [-0.05, 0) is 48.2 Å². The standard InChI is InChI=1S/C17H19FN2/c1-20(16-6-2-5-15(18)11-16)12-13-7-8-17-14(10-13)4-3-9-19-17/h2,5-8,10-11,19H,3-4,9,12H2,1H3. The second-order valence-electron chi connectivity index (χ2n) is 5.36. The van der Waals surface area contributed by atoms with E-state index in [2.05, 4.69) is 28.4 Å². The third-order valence-electron chi connectivity index (χ3n) is 3.78. The molecule has 0 spiro atoms. The second kappa shape index (κ2) is 5.53. The van der Waals surface area contributed by atoms with Crippen molar-refractivity contribution in [1.29, 1.82) is 0 Å². The van der Waals surface area contributed by atoms with Crippen LogP contribution in [0.4, 0.5) is 15.8 Å². The summed E-state index contributed by atoms with van der Waals surface area (Å²) in [6.45, 7) is 1.85. The summed E-state index contributed by atoms with van der Waals surface area (Å²) < 4.78 is 13.3. The minimum atomic E-state index is -0.191. The minimum Gasteiger partial charge on any atom is -0.385 e. The van der Waals surface area contributed by atoms with E-state index in [9.17, 15) is 4.39 Å². The number of hydrogen-bond acceptors (Lipinski definition) is 2. The fourth-order valence-corrected chi connectivity index (χ4v) is 2.71. The van der Waals surface area contributed by atoms with E-state index < -0.39 is 0 Å². The molecule has 0 atom stereocenters. The van der Waals surface area contributed by atoms with Gasteiger partial charge < -0.3 is 10.2 Å². The van der Waals surface area contributed by atoms with E-state index in [1.807, 2.05) is 13.1 Å². The van der Waals surface area contributed by atoms with Crippen LogP contribution in [0.5, 0.6) is 0 Å². The van der Waals surface area contributed by atoms with Gasteiger partial charge in [0.25, 0.3) is 0 Å². The summed E-state index contributed by atoms with van der Waals surface area (Å²) in [5.41, 5.74) is 4.81. The summed E-state index contributed by atoms with van der Waals surface area (Å²) in [6.07, 6.45) is 2.33. The molecule has 1 aliphatic rings. The number of aryl methyl sites for hydroxylation is 1. The molecule has 2 aromatic carbocycles. The average Bonchev–Trinajstić information content (AvgIpc) is 2.47. The molecule has 0 bridgehead atoms. The van der Waals surface area contributed by atoms with E-state index in [0.717, 1.165) is 25.2 Å². The predicted octanol–water partition coefficient (Wildman–Crippen LogP) is 3.82. The van der Waals surface area contributed by atoms with Gasteiger partial charge >= 0.3 is 0 Å². The fraction of sp³-hybridized carbons (Fsp3) is 0.294. The zero-order valence-electron chi connectivity index (χ0n) is 11.7. The van der Waals surface area contributed by atoms with Crippen LogP contribution >= 0.6 is 0 Å². The third-order valence-corrected chi connectivity index (χ3v) is 3.78. The van der Waals surface area contributed by atoms with Gasteiger partial charge in [-0.2, -0.15) is 0 Å². The SMILES string of the molecule is CN(Cc1ccc2c(c1)CCCN2)c1cccc(F)c1. The van der Waals surface area contributed by atoms with Crippen molar-refractivity contribution in [2.24, 2.45) is 0 Å². The van der Waals surface area contributed by atoms with Gasteiger partial charge in [-0.25, -0.2) is 4.39 Å². The molecular formula is C17H19FN2. The third kappa shape index (κ3) is 2.77. The highest BCUT2D eigenvalue weighted by Crippen LogP contribution is 2.24. The number of fused-ring (bicyclic) bond motifs is 1. The Hall–Kier alpha value is -2.03. The molecule has 0 unspecified atom stereocenters. The quantitative estimate of drug-likeness (QED) is 0.912. The minimum absolute atomic E-state index is 0.191. The number of hydrogen-bond donors (Lipinski definition) is 1. The molecule has 20 heavy (non-hydrogen) atoms. The Balaban J connectivity index is 1.77. The molecule has 0 saturated carbocycles. The number of anilines is 2. The Morgan fingerprint density at radius 2 is 2.10 bits per heavy atom. The lowest BCUT2D eigenvalue weighted by Crippen LogP contribution is -2.17. The molecule has 2 nitrogen and oxygen atoms in total. The van der Waals surface area contributed by atoms with Crippen LogP contribution in [-0.4, -0.2) is 13.6 Å². The topological polar surface area (TPSA) is 15.3 Å². The number of nitrogens with zero attached hydrogens (tertiary/aromatic N) is 1. The van der Waals surface area contributed by atoms with E-state index in [4.69, 9.17) is 0 Å². The van der Waals surface area contributed by atoms with Gasteiger partial charge in [-0.3, -0.25) is 0 Å². The molecule has 0 aromatic heterocycles. The molecule has 3 heteroatoms.